The van der Waals surface area contributed by atoms with E-state index in [4.69, 9.17) is 9.15 Å². The Balaban J connectivity index is 2.20. The van der Waals surface area contributed by atoms with E-state index >= 15 is 0 Å². The molecule has 22 heavy (non-hydrogen) atoms. The van der Waals surface area contributed by atoms with E-state index in [1.807, 2.05) is 0 Å². The fourth-order valence-electron chi connectivity index (χ4n) is 1.53. The lowest BCUT2D eigenvalue weighted by Gasteiger charge is -2.02. The van der Waals surface area contributed by atoms with Crippen LogP contribution < -0.4 is 5.43 Å². The number of nitrogens with one attached hydrogen (secondary N) is 1. The second-order valence-electron chi connectivity index (χ2n) is 4.38. The van der Waals surface area contributed by atoms with Crippen molar-refractivity contribution in [1.82, 2.24) is 5.43 Å². The first-order valence-corrected chi connectivity index (χ1v) is 7.00. The van der Waals surface area contributed by atoms with Crippen molar-refractivity contribution in [2.45, 2.75) is 32.6 Å². The molecule has 0 unspecified atom stereocenters. The Morgan fingerprint density at radius 1 is 1.45 bits per heavy atom. The monoisotopic (exact) mass is 309 g/mol. The van der Waals surface area contributed by atoms with E-state index in [0.717, 1.165) is 25.7 Å². The minimum Gasteiger partial charge on any atom is -0.448 e. The van der Waals surface area contributed by atoms with Crippen molar-refractivity contribution in [3.63, 3.8) is 0 Å². The summed E-state index contributed by atoms with van der Waals surface area (Å²) in [7, 11) is 0. The molecule has 0 atom stereocenters. The first kappa shape index (κ1) is 17.4. The molecule has 0 aliphatic rings. The molecule has 0 radical (unpaired) electrons. The second kappa shape index (κ2) is 10.1. The summed E-state index contributed by atoms with van der Waals surface area (Å²) in [5.74, 6) is -0.0157. The van der Waals surface area contributed by atoms with E-state index in [2.05, 4.69) is 17.5 Å². The van der Waals surface area contributed by atoms with Crippen LogP contribution >= 0.6 is 0 Å². The number of unbranched alkanes of at least 4 members (excludes halogenated alkanes) is 3. The van der Waals surface area contributed by atoms with E-state index < -0.39 is 11.0 Å². The van der Waals surface area contributed by atoms with Gasteiger partial charge in [0.2, 0.25) is 0 Å². The highest BCUT2D eigenvalue weighted by molar-refractivity contribution is 5.78. The fourth-order valence-corrected chi connectivity index (χ4v) is 1.53. The summed E-state index contributed by atoms with van der Waals surface area (Å²) in [4.78, 5) is 21.0. The maximum absolute atomic E-state index is 11.2. The third-order valence-electron chi connectivity index (χ3n) is 2.60. The number of furan rings is 1. The largest absolute Gasteiger partial charge is 0.448 e. The molecular formula is C14H19N3O5. The Labute approximate surface area is 128 Å². The Bertz CT molecular complexity index is 536. The number of hydrogen-bond donors (Lipinski definition) is 1. The normalized spacial score (nSPS) is 11.1. The molecule has 1 N–H and O–H groups in total. The highest BCUT2D eigenvalue weighted by atomic mass is 16.6. The van der Waals surface area contributed by atoms with Crippen LogP contribution in [0.2, 0.25) is 0 Å². The Kier molecular flexibility index (Phi) is 8.02. The highest BCUT2D eigenvalue weighted by Crippen LogP contribution is 2.16. The molecule has 1 aromatic heterocycles. The minimum absolute atomic E-state index is 0.316. The standard InChI is InChI=1S/C14H19N3O5/c1-2-3-4-5-11-21-14(18)16-15-10-6-7-12-8-9-13(22-12)17(19)20/h6-10H,2-5,11H2,1H3,(H,16,18)/b7-6+,15-10+. The maximum Gasteiger partial charge on any atom is 0.433 e. The molecule has 0 spiro atoms. The van der Waals surface area contributed by atoms with Gasteiger partial charge in [-0.1, -0.05) is 26.2 Å². The van der Waals surface area contributed by atoms with Crippen molar-refractivity contribution in [3.8, 4) is 0 Å². The Hall–Kier alpha value is -2.64. The molecule has 120 valence electrons. The summed E-state index contributed by atoms with van der Waals surface area (Å²) in [6.07, 6.45) is 7.77. The predicted molar refractivity (Wildman–Crippen MR) is 81.5 cm³/mol. The van der Waals surface area contributed by atoms with Crippen LogP contribution in [0.3, 0.4) is 0 Å². The van der Waals surface area contributed by atoms with Gasteiger partial charge in [0.05, 0.1) is 12.7 Å². The zero-order chi connectivity index (χ0) is 16.2. The Morgan fingerprint density at radius 2 is 2.27 bits per heavy atom. The summed E-state index contributed by atoms with van der Waals surface area (Å²) < 4.78 is 9.80. The summed E-state index contributed by atoms with van der Waals surface area (Å²) in [5, 5.41) is 14.0. The number of ether oxygens (including phenoxy) is 1. The van der Waals surface area contributed by atoms with Crippen molar-refractivity contribution >= 4 is 24.3 Å². The third kappa shape index (κ3) is 7.22. The van der Waals surface area contributed by atoms with Crippen molar-refractivity contribution in [1.29, 1.82) is 0 Å². The van der Waals surface area contributed by atoms with Gasteiger partial charge in [0.25, 0.3) is 0 Å². The average molecular weight is 309 g/mol. The van der Waals surface area contributed by atoms with E-state index in [1.165, 1.54) is 30.5 Å². The lowest BCUT2D eigenvalue weighted by molar-refractivity contribution is -0.402. The van der Waals surface area contributed by atoms with Gasteiger partial charge in [0.15, 0.2) is 0 Å². The van der Waals surface area contributed by atoms with Gasteiger partial charge in [0, 0.05) is 6.21 Å². The predicted octanol–water partition coefficient (Wildman–Crippen LogP) is 3.49. The number of nitrogens with zero attached hydrogens (tertiary/aromatic N) is 2. The zero-order valence-corrected chi connectivity index (χ0v) is 12.4. The molecular weight excluding hydrogens is 290 g/mol. The number of rotatable bonds is 9. The first-order valence-electron chi connectivity index (χ1n) is 7.00. The van der Waals surface area contributed by atoms with Gasteiger partial charge >= 0.3 is 12.0 Å². The summed E-state index contributed by atoms with van der Waals surface area (Å²) in [6.45, 7) is 2.48. The fraction of sp³-hybridized carbons (Fsp3) is 0.429. The summed E-state index contributed by atoms with van der Waals surface area (Å²) in [5.41, 5.74) is 2.20. The van der Waals surface area contributed by atoms with E-state index in [1.54, 1.807) is 0 Å². The number of carbonyl (C=O) groups is 1. The van der Waals surface area contributed by atoms with Gasteiger partial charge in [0.1, 0.15) is 10.7 Å². The van der Waals surface area contributed by atoms with Crippen LogP contribution in [-0.2, 0) is 4.74 Å². The molecule has 8 nitrogen and oxygen atoms in total. The van der Waals surface area contributed by atoms with Crippen molar-refractivity contribution in [3.05, 3.63) is 34.1 Å². The molecule has 0 bridgehead atoms. The van der Waals surface area contributed by atoms with Gasteiger partial charge in [-0.05, 0) is 24.6 Å². The average Bonchev–Trinajstić information content (AvgIpc) is 2.96. The van der Waals surface area contributed by atoms with Gasteiger partial charge in [-0.2, -0.15) is 5.10 Å². The van der Waals surface area contributed by atoms with Gasteiger partial charge < -0.3 is 9.15 Å². The highest BCUT2D eigenvalue weighted by Gasteiger charge is 2.09. The molecule has 0 aromatic carbocycles. The number of hydrazone groups is 1. The molecule has 1 amide bonds. The lowest BCUT2D eigenvalue weighted by Crippen LogP contribution is -2.19. The van der Waals surface area contributed by atoms with Crippen LogP contribution in [-0.4, -0.2) is 23.8 Å². The van der Waals surface area contributed by atoms with Crippen molar-refractivity contribution in [2.24, 2.45) is 5.10 Å². The molecule has 0 saturated carbocycles. The van der Waals surface area contributed by atoms with E-state index in [0.29, 0.717) is 12.4 Å². The minimum atomic E-state index is -0.622. The number of nitro groups is 1. The number of amides is 1. The second-order valence-corrected chi connectivity index (χ2v) is 4.38. The summed E-state index contributed by atoms with van der Waals surface area (Å²) in [6, 6.07) is 2.71. The van der Waals surface area contributed by atoms with Crippen LogP contribution in [0, 0.1) is 10.1 Å². The van der Waals surface area contributed by atoms with Gasteiger partial charge in [-0.15, -0.1) is 0 Å². The molecule has 0 saturated heterocycles. The number of allylic oxidation sites excluding steroid dienone is 1. The Morgan fingerprint density at radius 3 is 2.95 bits per heavy atom. The third-order valence-corrected chi connectivity index (χ3v) is 2.60. The molecule has 8 heteroatoms. The van der Waals surface area contributed by atoms with E-state index in [9.17, 15) is 14.9 Å². The van der Waals surface area contributed by atoms with Gasteiger partial charge in [-0.25, -0.2) is 10.2 Å². The van der Waals surface area contributed by atoms with Crippen LogP contribution in [0.25, 0.3) is 6.08 Å². The van der Waals surface area contributed by atoms with E-state index in [-0.39, 0.29) is 5.88 Å². The smallest absolute Gasteiger partial charge is 0.433 e. The zero-order valence-electron chi connectivity index (χ0n) is 12.4. The lowest BCUT2D eigenvalue weighted by atomic mass is 10.2. The van der Waals surface area contributed by atoms with Crippen LogP contribution in [0.1, 0.15) is 38.4 Å². The maximum atomic E-state index is 11.2. The molecule has 0 aliphatic heterocycles. The quantitative estimate of drug-likeness (QED) is 0.325. The van der Waals surface area contributed by atoms with Crippen LogP contribution in [0.15, 0.2) is 27.7 Å². The summed E-state index contributed by atoms with van der Waals surface area (Å²) >= 11 is 0. The molecule has 1 rings (SSSR count). The van der Waals surface area contributed by atoms with Gasteiger partial charge in [-0.3, -0.25) is 10.1 Å². The topological polar surface area (TPSA) is 107 Å². The van der Waals surface area contributed by atoms with Crippen molar-refractivity contribution in [2.75, 3.05) is 6.61 Å². The first-order chi connectivity index (χ1) is 10.6. The van der Waals surface area contributed by atoms with Crippen LogP contribution in [0.4, 0.5) is 10.7 Å². The molecule has 1 aromatic rings. The molecule has 0 aliphatic carbocycles. The number of carbonyl (C=O) groups excluding carboxylic acids is 1. The SMILES string of the molecule is CCCCCCOC(=O)N/N=C/C=C/c1ccc([N+](=O)[O-])o1. The molecule has 1 heterocycles. The van der Waals surface area contributed by atoms with Crippen LogP contribution in [0.5, 0.6) is 0 Å². The van der Waals surface area contributed by atoms with Crippen molar-refractivity contribution < 1.29 is 18.9 Å². The number of hydrogen-bond acceptors (Lipinski definition) is 6. The molecule has 0 fully saturated rings.